The van der Waals surface area contributed by atoms with E-state index in [0.717, 1.165) is 11.0 Å². The number of hydrogen-bond donors (Lipinski definition) is 0. The quantitative estimate of drug-likeness (QED) is 0.697. The molecule has 0 atom stereocenters. The number of hydrogen-bond acceptors (Lipinski definition) is 5. The fourth-order valence-electron chi connectivity index (χ4n) is 1.63. The molecule has 3 rings (SSSR count). The van der Waals surface area contributed by atoms with Crippen LogP contribution in [0.4, 0.5) is 0 Å². The van der Waals surface area contributed by atoms with Crippen molar-refractivity contribution in [3.63, 3.8) is 0 Å². The van der Waals surface area contributed by atoms with Gasteiger partial charge in [0, 0.05) is 30.7 Å². The van der Waals surface area contributed by atoms with Crippen molar-refractivity contribution in [2.75, 3.05) is 0 Å². The molecule has 0 radical (unpaired) electrons. The number of rotatable bonds is 2. The zero-order valence-electron chi connectivity index (χ0n) is 9.82. The number of pyridine rings is 1. The van der Waals surface area contributed by atoms with Gasteiger partial charge in [-0.3, -0.25) is 9.97 Å². The third-order valence-corrected chi connectivity index (χ3v) is 2.53. The molecule has 1 aromatic carbocycles. The number of ether oxygens (including phenoxy) is 1. The molecule has 0 aliphatic carbocycles. The molecular weight excluding hydrogens is 240 g/mol. The highest BCUT2D eigenvalue weighted by Crippen LogP contribution is 2.22. The third kappa shape index (κ3) is 2.33. The van der Waals surface area contributed by atoms with Gasteiger partial charge in [-0.15, -0.1) is 0 Å². The standard InChI is InChI=1S/C14H8N4O/c15-8-10-1-4-14(18-9-10)19-11-2-3-12-13(7-11)17-6-5-16-12/h1-7,9H. The molecule has 3 aromatic rings. The summed E-state index contributed by atoms with van der Waals surface area (Å²) in [6.07, 6.45) is 4.74. The second-order valence-electron chi connectivity index (χ2n) is 3.81. The molecule has 0 aliphatic heterocycles. The van der Waals surface area contributed by atoms with Crippen molar-refractivity contribution in [1.29, 1.82) is 5.26 Å². The average molecular weight is 248 g/mol. The molecule has 0 spiro atoms. The van der Waals surface area contributed by atoms with Crippen LogP contribution in [0.15, 0.2) is 48.9 Å². The summed E-state index contributed by atoms with van der Waals surface area (Å²) in [6, 6.07) is 10.7. The minimum absolute atomic E-state index is 0.433. The zero-order chi connectivity index (χ0) is 13.1. The van der Waals surface area contributed by atoms with E-state index in [-0.39, 0.29) is 0 Å². The van der Waals surface area contributed by atoms with Crippen LogP contribution in [0.1, 0.15) is 5.56 Å². The molecule has 0 saturated heterocycles. The second-order valence-corrected chi connectivity index (χ2v) is 3.81. The van der Waals surface area contributed by atoms with E-state index in [4.69, 9.17) is 10.00 Å². The Morgan fingerprint density at radius 1 is 0.947 bits per heavy atom. The highest BCUT2D eigenvalue weighted by molar-refractivity contribution is 5.75. The van der Waals surface area contributed by atoms with Crippen molar-refractivity contribution < 1.29 is 4.74 Å². The first-order chi connectivity index (χ1) is 9.35. The summed E-state index contributed by atoms with van der Waals surface area (Å²) >= 11 is 0. The van der Waals surface area contributed by atoms with Crippen molar-refractivity contribution in [3.05, 3.63) is 54.5 Å². The van der Waals surface area contributed by atoms with E-state index in [1.807, 2.05) is 12.1 Å². The maximum atomic E-state index is 8.69. The summed E-state index contributed by atoms with van der Waals surface area (Å²) in [6.45, 7) is 0. The number of nitrogens with zero attached hydrogens (tertiary/aromatic N) is 4. The molecule has 0 bridgehead atoms. The van der Waals surface area contributed by atoms with Gasteiger partial charge in [0.1, 0.15) is 11.8 Å². The van der Waals surface area contributed by atoms with Crippen LogP contribution >= 0.6 is 0 Å². The van der Waals surface area contributed by atoms with Gasteiger partial charge in [0.05, 0.1) is 16.6 Å². The smallest absolute Gasteiger partial charge is 0.219 e. The van der Waals surface area contributed by atoms with Gasteiger partial charge in [0.25, 0.3) is 0 Å². The van der Waals surface area contributed by atoms with Crippen LogP contribution in [-0.2, 0) is 0 Å². The van der Waals surface area contributed by atoms with Crippen LogP contribution in [-0.4, -0.2) is 15.0 Å². The normalized spacial score (nSPS) is 10.1. The van der Waals surface area contributed by atoms with Crippen LogP contribution in [0.5, 0.6) is 11.6 Å². The molecule has 2 heterocycles. The van der Waals surface area contributed by atoms with Crippen LogP contribution in [0.25, 0.3) is 11.0 Å². The maximum absolute atomic E-state index is 8.69. The highest BCUT2D eigenvalue weighted by Gasteiger charge is 2.02. The van der Waals surface area contributed by atoms with E-state index >= 15 is 0 Å². The summed E-state index contributed by atoms with van der Waals surface area (Å²) in [5.74, 6) is 1.06. The Morgan fingerprint density at radius 3 is 2.53 bits per heavy atom. The monoisotopic (exact) mass is 248 g/mol. The van der Waals surface area contributed by atoms with Gasteiger partial charge >= 0.3 is 0 Å². The molecule has 0 N–H and O–H groups in total. The molecule has 19 heavy (non-hydrogen) atoms. The number of nitriles is 1. The van der Waals surface area contributed by atoms with Gasteiger partial charge < -0.3 is 4.74 Å². The van der Waals surface area contributed by atoms with E-state index in [2.05, 4.69) is 15.0 Å². The Morgan fingerprint density at radius 2 is 1.79 bits per heavy atom. The Kier molecular flexibility index (Phi) is 2.75. The first kappa shape index (κ1) is 11.1. The predicted octanol–water partition coefficient (Wildman–Crippen LogP) is 2.69. The molecule has 5 heteroatoms. The van der Waals surface area contributed by atoms with Gasteiger partial charge in [-0.05, 0) is 18.2 Å². The van der Waals surface area contributed by atoms with Gasteiger partial charge in [-0.25, -0.2) is 4.98 Å². The van der Waals surface area contributed by atoms with Crippen LogP contribution in [0.2, 0.25) is 0 Å². The molecular formula is C14H8N4O. The van der Waals surface area contributed by atoms with Crippen LogP contribution in [0.3, 0.4) is 0 Å². The Labute approximate surface area is 109 Å². The highest BCUT2D eigenvalue weighted by atomic mass is 16.5. The summed E-state index contributed by atoms with van der Waals surface area (Å²) in [5.41, 5.74) is 2.06. The Hall–Kier alpha value is -3.00. The SMILES string of the molecule is N#Cc1ccc(Oc2ccc3nccnc3c2)nc1. The van der Waals surface area contributed by atoms with Gasteiger partial charge in [-0.2, -0.15) is 5.26 Å². The lowest BCUT2D eigenvalue weighted by atomic mass is 10.3. The fraction of sp³-hybridized carbons (Fsp3) is 0. The lowest BCUT2D eigenvalue weighted by molar-refractivity contribution is 0.463. The van der Waals surface area contributed by atoms with Gasteiger partial charge in [0.15, 0.2) is 0 Å². The average Bonchev–Trinajstić information content (AvgIpc) is 2.48. The number of benzene rings is 1. The first-order valence-corrected chi connectivity index (χ1v) is 5.60. The molecule has 0 saturated carbocycles. The summed E-state index contributed by atoms with van der Waals surface area (Å²) in [5, 5.41) is 8.69. The molecule has 0 fully saturated rings. The van der Waals surface area contributed by atoms with E-state index in [1.54, 1.807) is 36.7 Å². The third-order valence-electron chi connectivity index (χ3n) is 2.53. The van der Waals surface area contributed by atoms with Crippen molar-refractivity contribution in [3.8, 4) is 17.7 Å². The van der Waals surface area contributed by atoms with E-state index in [0.29, 0.717) is 17.2 Å². The van der Waals surface area contributed by atoms with Gasteiger partial charge in [0.2, 0.25) is 5.88 Å². The predicted molar refractivity (Wildman–Crippen MR) is 68.6 cm³/mol. The molecule has 5 nitrogen and oxygen atoms in total. The van der Waals surface area contributed by atoms with Crippen molar-refractivity contribution in [2.45, 2.75) is 0 Å². The van der Waals surface area contributed by atoms with Gasteiger partial charge in [-0.1, -0.05) is 0 Å². The zero-order valence-corrected chi connectivity index (χ0v) is 9.82. The Balaban J connectivity index is 1.90. The van der Waals surface area contributed by atoms with Crippen LogP contribution in [0, 0.1) is 11.3 Å². The van der Waals surface area contributed by atoms with Crippen molar-refractivity contribution in [2.24, 2.45) is 0 Å². The largest absolute Gasteiger partial charge is 0.439 e. The Bertz CT molecular complexity index is 762. The lowest BCUT2D eigenvalue weighted by Gasteiger charge is -2.05. The molecule has 0 amide bonds. The lowest BCUT2D eigenvalue weighted by Crippen LogP contribution is -1.89. The summed E-state index contributed by atoms with van der Waals surface area (Å²) in [7, 11) is 0. The second kappa shape index (κ2) is 4.70. The first-order valence-electron chi connectivity index (χ1n) is 5.60. The number of aromatic nitrogens is 3. The molecule has 0 unspecified atom stereocenters. The fourth-order valence-corrected chi connectivity index (χ4v) is 1.63. The molecule has 2 aromatic heterocycles. The number of fused-ring (bicyclic) bond motifs is 1. The van der Waals surface area contributed by atoms with E-state index in [9.17, 15) is 0 Å². The molecule has 90 valence electrons. The molecule has 0 aliphatic rings. The maximum Gasteiger partial charge on any atom is 0.219 e. The van der Waals surface area contributed by atoms with Crippen LogP contribution < -0.4 is 4.74 Å². The van der Waals surface area contributed by atoms with E-state index in [1.165, 1.54) is 6.20 Å². The topological polar surface area (TPSA) is 71.7 Å². The summed E-state index contributed by atoms with van der Waals surface area (Å²) in [4.78, 5) is 12.4. The van der Waals surface area contributed by atoms with E-state index < -0.39 is 0 Å². The van der Waals surface area contributed by atoms with Crippen molar-refractivity contribution in [1.82, 2.24) is 15.0 Å². The summed E-state index contributed by atoms with van der Waals surface area (Å²) < 4.78 is 5.60. The minimum atomic E-state index is 0.433. The minimum Gasteiger partial charge on any atom is -0.439 e. The van der Waals surface area contributed by atoms with Crippen molar-refractivity contribution >= 4 is 11.0 Å².